The maximum atomic E-state index is 10.7. The second-order valence-electron chi connectivity index (χ2n) is 4.46. The first-order chi connectivity index (χ1) is 9.85. The molecule has 0 unspecified atom stereocenters. The van der Waals surface area contributed by atoms with Crippen molar-refractivity contribution in [2.45, 2.75) is 25.4 Å². The third-order valence-corrected chi connectivity index (χ3v) is 3.88. The molecule has 21 heavy (non-hydrogen) atoms. The van der Waals surface area contributed by atoms with Gasteiger partial charge in [-0.15, -0.1) is 0 Å². The molecular formula is C11H19N2O7P. The monoisotopic (exact) mass is 322 g/mol. The van der Waals surface area contributed by atoms with Crippen LogP contribution in [0.3, 0.4) is 0 Å². The summed E-state index contributed by atoms with van der Waals surface area (Å²) in [5.41, 5.74) is -1.38. The van der Waals surface area contributed by atoms with Crippen LogP contribution in [0, 0.1) is 10.1 Å². The molecule has 1 saturated heterocycles. The van der Waals surface area contributed by atoms with E-state index < -0.39 is 18.3 Å². The van der Waals surface area contributed by atoms with Gasteiger partial charge in [0.25, 0.3) is 5.54 Å². The lowest BCUT2D eigenvalue weighted by Crippen LogP contribution is -2.48. The van der Waals surface area contributed by atoms with Gasteiger partial charge in [0.05, 0.1) is 12.8 Å². The number of phosphoric acid groups is 1. The second-order valence-corrected chi connectivity index (χ2v) is 5.91. The van der Waals surface area contributed by atoms with E-state index in [-0.39, 0.29) is 19.6 Å². The van der Waals surface area contributed by atoms with Crippen LogP contribution in [0.25, 0.3) is 0 Å². The highest BCUT2D eigenvalue weighted by atomic mass is 31.2. The smallest absolute Gasteiger partial charge is 0.468 e. The zero-order valence-electron chi connectivity index (χ0n) is 11.9. The van der Waals surface area contributed by atoms with Crippen LogP contribution < -0.4 is 5.32 Å². The van der Waals surface area contributed by atoms with Gasteiger partial charge in [0.15, 0.2) is 0 Å². The van der Waals surface area contributed by atoms with Crippen LogP contribution in [-0.2, 0) is 20.2 Å². The second kappa shape index (κ2) is 7.67. The Morgan fingerprint density at radius 2 is 2.14 bits per heavy atom. The highest BCUT2D eigenvalue weighted by Crippen LogP contribution is 2.48. The molecule has 0 spiro atoms. The van der Waals surface area contributed by atoms with Gasteiger partial charge >= 0.3 is 7.82 Å². The Bertz CT molecular complexity index is 479. The lowest BCUT2D eigenvalue weighted by molar-refractivity contribution is -0.579. The highest BCUT2D eigenvalue weighted by Gasteiger charge is 2.49. The molecular weight excluding hydrogens is 303 g/mol. The summed E-state index contributed by atoms with van der Waals surface area (Å²) in [6.45, 7) is 1.64. The fourth-order valence-corrected chi connectivity index (χ4v) is 2.39. The minimum Gasteiger partial charge on any atom is -0.468 e. The van der Waals surface area contributed by atoms with Crippen molar-refractivity contribution in [1.29, 1.82) is 0 Å². The lowest BCUT2D eigenvalue weighted by Gasteiger charge is -2.29. The maximum absolute atomic E-state index is 10.7. The fraction of sp³-hybridized carbons (Fsp3) is 0.636. The van der Waals surface area contributed by atoms with Gasteiger partial charge in [-0.3, -0.25) is 19.2 Å². The highest BCUT2D eigenvalue weighted by molar-refractivity contribution is 7.47. The Kier molecular flexibility index (Phi) is 6.50. The summed E-state index contributed by atoms with van der Waals surface area (Å²) in [5.74, 6) is 0.979. The SMILES string of the molecule is CCC1([N+](=O)[O-])COP(=O)(O)OC1.CNCc1ccco1. The Balaban J connectivity index is 0.000000235. The summed E-state index contributed by atoms with van der Waals surface area (Å²) < 4.78 is 24.5. The molecule has 2 rings (SSSR count). The Morgan fingerprint density at radius 1 is 1.52 bits per heavy atom. The maximum Gasteiger partial charge on any atom is 0.472 e. The summed E-state index contributed by atoms with van der Waals surface area (Å²) >= 11 is 0. The van der Waals surface area contributed by atoms with E-state index in [9.17, 15) is 14.7 Å². The summed E-state index contributed by atoms with van der Waals surface area (Å²) in [6, 6.07) is 3.82. The van der Waals surface area contributed by atoms with Crippen LogP contribution >= 0.6 is 7.82 Å². The molecule has 0 atom stereocenters. The number of phosphoric ester groups is 1. The number of furan rings is 1. The van der Waals surface area contributed by atoms with E-state index in [1.807, 2.05) is 19.2 Å². The third kappa shape index (κ3) is 5.22. The van der Waals surface area contributed by atoms with Crippen LogP contribution in [0.1, 0.15) is 19.1 Å². The zero-order chi connectivity index (χ0) is 15.9. The normalized spacial score (nSPS) is 28.5. The molecule has 1 aromatic heterocycles. The molecule has 1 aromatic rings. The van der Waals surface area contributed by atoms with E-state index in [0.717, 1.165) is 12.3 Å². The first-order valence-corrected chi connectivity index (χ1v) is 7.78. The molecule has 0 aliphatic carbocycles. The predicted molar refractivity (Wildman–Crippen MR) is 73.2 cm³/mol. The minimum absolute atomic E-state index is 0.194. The van der Waals surface area contributed by atoms with E-state index in [4.69, 9.17) is 9.31 Å². The first kappa shape index (κ1) is 17.8. The van der Waals surface area contributed by atoms with Gasteiger partial charge < -0.3 is 14.6 Å². The average Bonchev–Trinajstić information content (AvgIpc) is 2.93. The molecule has 10 heteroatoms. The number of nitrogens with zero attached hydrogens (tertiary/aromatic N) is 1. The summed E-state index contributed by atoms with van der Waals surface area (Å²) in [7, 11) is -2.13. The van der Waals surface area contributed by atoms with Gasteiger partial charge in [-0.1, -0.05) is 6.92 Å². The van der Waals surface area contributed by atoms with Crippen LogP contribution in [0.2, 0.25) is 0 Å². The lowest BCUT2D eigenvalue weighted by atomic mass is 10.0. The fourth-order valence-electron chi connectivity index (χ4n) is 1.51. The number of nitrogens with one attached hydrogen (secondary N) is 1. The van der Waals surface area contributed by atoms with Gasteiger partial charge in [0, 0.05) is 11.3 Å². The van der Waals surface area contributed by atoms with Crippen LogP contribution in [0.5, 0.6) is 0 Å². The predicted octanol–water partition coefficient (Wildman–Crippen LogP) is 1.56. The summed E-state index contributed by atoms with van der Waals surface area (Å²) in [6.07, 6.45) is 1.87. The molecule has 1 aliphatic rings. The molecule has 1 aliphatic heterocycles. The summed E-state index contributed by atoms with van der Waals surface area (Å²) in [5, 5.41) is 13.6. The van der Waals surface area contributed by atoms with Crippen molar-refractivity contribution >= 4 is 7.82 Å². The standard InChI is InChI=1S/C6H9NO.C5H10NO6P/c1-7-5-6-3-2-4-8-6;1-2-5(6(7)8)3-11-13(9,10)12-4-5/h2-4,7H,5H2,1H3;2-4H2,1H3,(H,9,10). The van der Waals surface area contributed by atoms with Crippen LogP contribution in [0.15, 0.2) is 22.8 Å². The molecule has 9 nitrogen and oxygen atoms in total. The molecule has 1 fully saturated rings. The van der Waals surface area contributed by atoms with Gasteiger partial charge in [0.2, 0.25) is 0 Å². The third-order valence-electron chi connectivity index (χ3n) is 2.97. The number of hydrogen-bond donors (Lipinski definition) is 2. The average molecular weight is 322 g/mol. The van der Waals surface area contributed by atoms with E-state index in [0.29, 0.717) is 0 Å². The van der Waals surface area contributed by atoms with Crippen molar-refractivity contribution in [2.24, 2.45) is 0 Å². The van der Waals surface area contributed by atoms with Gasteiger partial charge in [-0.05, 0) is 19.2 Å². The Hall–Kier alpha value is -1.25. The van der Waals surface area contributed by atoms with E-state index in [1.165, 1.54) is 0 Å². The Morgan fingerprint density at radius 3 is 2.52 bits per heavy atom. The largest absolute Gasteiger partial charge is 0.472 e. The molecule has 0 aromatic carbocycles. The van der Waals surface area contributed by atoms with Crippen molar-refractivity contribution in [1.82, 2.24) is 5.32 Å². The van der Waals surface area contributed by atoms with E-state index >= 15 is 0 Å². The number of rotatable bonds is 4. The minimum atomic E-state index is -4.02. The van der Waals surface area contributed by atoms with Crippen molar-refractivity contribution in [3.63, 3.8) is 0 Å². The van der Waals surface area contributed by atoms with Crippen molar-refractivity contribution in [3.8, 4) is 0 Å². The molecule has 2 heterocycles. The summed E-state index contributed by atoms with van der Waals surface area (Å²) in [4.78, 5) is 18.8. The molecule has 0 saturated carbocycles. The van der Waals surface area contributed by atoms with Crippen LogP contribution in [0.4, 0.5) is 0 Å². The molecule has 0 radical (unpaired) electrons. The first-order valence-electron chi connectivity index (χ1n) is 6.28. The molecule has 120 valence electrons. The quantitative estimate of drug-likeness (QED) is 0.486. The number of nitro groups is 1. The van der Waals surface area contributed by atoms with E-state index in [1.54, 1.807) is 13.2 Å². The van der Waals surface area contributed by atoms with Crippen molar-refractivity contribution < 1.29 is 27.8 Å². The zero-order valence-corrected chi connectivity index (χ0v) is 12.7. The number of hydrogen-bond acceptors (Lipinski definition) is 7. The van der Waals surface area contributed by atoms with Crippen molar-refractivity contribution in [3.05, 3.63) is 34.3 Å². The molecule has 2 N–H and O–H groups in total. The van der Waals surface area contributed by atoms with Gasteiger partial charge in [-0.25, -0.2) is 4.57 Å². The Labute approximate surface area is 122 Å². The van der Waals surface area contributed by atoms with Crippen LogP contribution in [-0.4, -0.2) is 35.6 Å². The van der Waals surface area contributed by atoms with Gasteiger partial charge in [0.1, 0.15) is 19.0 Å². The van der Waals surface area contributed by atoms with Gasteiger partial charge in [-0.2, -0.15) is 0 Å². The topological polar surface area (TPSA) is 124 Å². The molecule has 0 amide bonds. The molecule has 0 bridgehead atoms. The van der Waals surface area contributed by atoms with Crippen molar-refractivity contribution in [2.75, 3.05) is 20.3 Å². The van der Waals surface area contributed by atoms with E-state index in [2.05, 4.69) is 14.4 Å².